The predicted octanol–water partition coefficient (Wildman–Crippen LogP) is 4.33. The van der Waals surface area contributed by atoms with Gasteiger partial charge in [0, 0.05) is 4.88 Å². The first-order valence-electron chi connectivity index (χ1n) is 6.27. The molecule has 0 saturated carbocycles. The first-order valence-corrected chi connectivity index (χ1v) is 8.03. The maximum atomic E-state index is 12.3. The van der Waals surface area contributed by atoms with Crippen molar-refractivity contribution in [3.63, 3.8) is 0 Å². The zero-order valence-corrected chi connectivity index (χ0v) is 12.3. The Balaban J connectivity index is 1.89. The second-order valence-corrected chi connectivity index (χ2v) is 6.24. The van der Waals surface area contributed by atoms with Crippen molar-refractivity contribution in [3.05, 3.63) is 80.7 Å². The van der Waals surface area contributed by atoms with E-state index in [0.717, 1.165) is 15.3 Å². The fourth-order valence-corrected chi connectivity index (χ4v) is 3.46. The van der Waals surface area contributed by atoms with Gasteiger partial charge >= 0.3 is 0 Å². The molecule has 0 aliphatic rings. The molecule has 0 aliphatic heterocycles. The maximum absolute atomic E-state index is 12.3. The highest BCUT2D eigenvalue weighted by atomic mass is 32.1. The predicted molar refractivity (Wildman–Crippen MR) is 84.4 cm³/mol. The van der Waals surface area contributed by atoms with Crippen LogP contribution >= 0.6 is 22.7 Å². The number of nitrogens with one attached hydrogen (secondary N) is 1. The van der Waals surface area contributed by atoms with Gasteiger partial charge in [-0.25, -0.2) is 0 Å². The molecule has 1 atom stereocenters. The molecule has 2 aromatic heterocycles. The van der Waals surface area contributed by atoms with Crippen molar-refractivity contribution in [2.45, 2.75) is 6.04 Å². The first-order chi connectivity index (χ1) is 9.84. The van der Waals surface area contributed by atoms with Crippen LogP contribution in [0.3, 0.4) is 0 Å². The average molecular weight is 299 g/mol. The molecule has 100 valence electrons. The van der Waals surface area contributed by atoms with Crippen molar-refractivity contribution in [1.82, 2.24) is 5.32 Å². The Morgan fingerprint density at radius 3 is 2.30 bits per heavy atom. The molecule has 3 rings (SSSR count). The van der Waals surface area contributed by atoms with Crippen molar-refractivity contribution in [1.29, 1.82) is 0 Å². The van der Waals surface area contributed by atoms with Crippen molar-refractivity contribution in [2.75, 3.05) is 0 Å². The number of hydrogen-bond acceptors (Lipinski definition) is 3. The maximum Gasteiger partial charge on any atom is 0.262 e. The van der Waals surface area contributed by atoms with E-state index in [1.54, 1.807) is 11.3 Å². The molecule has 1 aromatic carbocycles. The Morgan fingerprint density at radius 2 is 1.65 bits per heavy atom. The molecule has 0 unspecified atom stereocenters. The number of carbonyl (C=O) groups is 1. The molecule has 2 heterocycles. The Kier molecular flexibility index (Phi) is 3.95. The highest BCUT2D eigenvalue weighted by Gasteiger charge is 2.18. The van der Waals surface area contributed by atoms with Gasteiger partial charge in [0.25, 0.3) is 5.91 Å². The van der Waals surface area contributed by atoms with Gasteiger partial charge in [-0.05, 0) is 28.5 Å². The molecule has 0 fully saturated rings. The smallest absolute Gasteiger partial charge is 0.262 e. The number of hydrogen-bond donors (Lipinski definition) is 1. The molecule has 1 amide bonds. The molecule has 0 aliphatic carbocycles. The van der Waals surface area contributed by atoms with Crippen molar-refractivity contribution in [3.8, 4) is 0 Å². The monoisotopic (exact) mass is 299 g/mol. The minimum absolute atomic E-state index is 0.0257. The number of benzene rings is 1. The number of carbonyl (C=O) groups excluding carboxylic acids is 1. The summed E-state index contributed by atoms with van der Waals surface area (Å²) in [5, 5.41) is 7.06. The molecule has 4 heteroatoms. The van der Waals surface area contributed by atoms with E-state index in [0.29, 0.717) is 0 Å². The zero-order valence-electron chi connectivity index (χ0n) is 10.7. The summed E-state index contributed by atoms with van der Waals surface area (Å²) in [4.78, 5) is 14.2. The normalized spacial score (nSPS) is 12.0. The number of thiophene rings is 2. The lowest BCUT2D eigenvalue weighted by molar-refractivity contribution is 0.0947. The minimum Gasteiger partial charge on any atom is -0.340 e. The Labute approximate surface area is 125 Å². The van der Waals surface area contributed by atoms with Gasteiger partial charge in [0.15, 0.2) is 0 Å². The second-order valence-electron chi connectivity index (χ2n) is 4.31. The lowest BCUT2D eigenvalue weighted by Gasteiger charge is -2.17. The van der Waals surface area contributed by atoms with E-state index >= 15 is 0 Å². The van der Waals surface area contributed by atoms with Crippen LogP contribution in [-0.2, 0) is 0 Å². The third kappa shape index (κ3) is 2.81. The van der Waals surface area contributed by atoms with Crippen molar-refractivity contribution >= 4 is 28.6 Å². The van der Waals surface area contributed by atoms with Crippen LogP contribution in [0.15, 0.2) is 65.4 Å². The van der Waals surface area contributed by atoms with Crippen molar-refractivity contribution < 1.29 is 4.79 Å². The third-order valence-corrected chi connectivity index (χ3v) is 4.79. The van der Waals surface area contributed by atoms with E-state index in [1.165, 1.54) is 11.3 Å². The Hall–Kier alpha value is -1.91. The van der Waals surface area contributed by atoms with Gasteiger partial charge in [-0.1, -0.05) is 42.5 Å². The molecular weight excluding hydrogens is 286 g/mol. The molecule has 20 heavy (non-hydrogen) atoms. The SMILES string of the molecule is O=C(N[C@H](c1ccccc1)c1cccs1)c1cccs1. The lowest BCUT2D eigenvalue weighted by Crippen LogP contribution is -2.28. The third-order valence-electron chi connectivity index (χ3n) is 2.98. The van der Waals surface area contributed by atoms with Crippen LogP contribution in [0.2, 0.25) is 0 Å². The van der Waals surface area contributed by atoms with Crippen LogP contribution in [0.1, 0.15) is 26.2 Å². The summed E-state index contributed by atoms with van der Waals surface area (Å²) in [7, 11) is 0. The van der Waals surface area contributed by atoms with E-state index < -0.39 is 0 Å². The summed E-state index contributed by atoms with van der Waals surface area (Å²) in [6.07, 6.45) is 0. The van der Waals surface area contributed by atoms with Crippen LogP contribution in [0, 0.1) is 0 Å². The molecule has 0 saturated heterocycles. The largest absolute Gasteiger partial charge is 0.340 e. The zero-order chi connectivity index (χ0) is 13.8. The van der Waals surface area contributed by atoms with Crippen LogP contribution < -0.4 is 5.32 Å². The number of rotatable bonds is 4. The van der Waals surface area contributed by atoms with E-state index in [2.05, 4.69) is 11.4 Å². The standard InChI is InChI=1S/C16H13NOS2/c18-16(14-9-5-11-20-14)17-15(13-8-4-10-19-13)12-6-2-1-3-7-12/h1-11,15H,(H,17,18)/t15-/m1/s1. The molecule has 1 N–H and O–H groups in total. The van der Waals surface area contributed by atoms with E-state index in [-0.39, 0.29) is 11.9 Å². The summed E-state index contributed by atoms with van der Waals surface area (Å²) in [5.41, 5.74) is 1.10. The van der Waals surface area contributed by atoms with Gasteiger partial charge in [0.05, 0.1) is 10.9 Å². The van der Waals surface area contributed by atoms with Gasteiger partial charge < -0.3 is 5.32 Å². The van der Waals surface area contributed by atoms with Crippen LogP contribution in [0.25, 0.3) is 0 Å². The fourth-order valence-electron chi connectivity index (χ4n) is 2.03. The Bertz CT molecular complexity index is 660. The van der Waals surface area contributed by atoms with Crippen LogP contribution in [0.5, 0.6) is 0 Å². The summed E-state index contributed by atoms with van der Waals surface area (Å²) < 4.78 is 0. The highest BCUT2D eigenvalue weighted by molar-refractivity contribution is 7.12. The average Bonchev–Trinajstić information content (AvgIpc) is 3.18. The molecular formula is C16H13NOS2. The van der Waals surface area contributed by atoms with Gasteiger partial charge in [-0.2, -0.15) is 0 Å². The number of amides is 1. The molecule has 0 bridgehead atoms. The van der Waals surface area contributed by atoms with Gasteiger partial charge in [-0.3, -0.25) is 4.79 Å². The lowest BCUT2D eigenvalue weighted by atomic mass is 10.1. The van der Waals surface area contributed by atoms with Gasteiger partial charge in [-0.15, -0.1) is 22.7 Å². The molecule has 0 radical (unpaired) electrons. The van der Waals surface area contributed by atoms with E-state index in [9.17, 15) is 4.79 Å². The fraction of sp³-hybridized carbons (Fsp3) is 0.0625. The van der Waals surface area contributed by atoms with E-state index in [1.807, 2.05) is 59.3 Å². The second kappa shape index (κ2) is 6.03. The van der Waals surface area contributed by atoms with Gasteiger partial charge in [0.2, 0.25) is 0 Å². The first kappa shape index (κ1) is 13.1. The molecule has 0 spiro atoms. The quantitative estimate of drug-likeness (QED) is 0.763. The summed E-state index contributed by atoms with van der Waals surface area (Å²) in [5.74, 6) is -0.0257. The minimum atomic E-state index is -0.0919. The van der Waals surface area contributed by atoms with E-state index in [4.69, 9.17) is 0 Å². The van der Waals surface area contributed by atoms with Crippen molar-refractivity contribution in [2.24, 2.45) is 0 Å². The molecule has 2 nitrogen and oxygen atoms in total. The van der Waals surface area contributed by atoms with Crippen LogP contribution in [-0.4, -0.2) is 5.91 Å². The highest BCUT2D eigenvalue weighted by Crippen LogP contribution is 2.26. The Morgan fingerprint density at radius 1 is 0.900 bits per heavy atom. The summed E-state index contributed by atoms with van der Waals surface area (Å²) in [6.45, 7) is 0. The summed E-state index contributed by atoms with van der Waals surface area (Å²) >= 11 is 3.11. The van der Waals surface area contributed by atoms with Gasteiger partial charge in [0.1, 0.15) is 0 Å². The topological polar surface area (TPSA) is 29.1 Å². The summed E-state index contributed by atoms with van der Waals surface area (Å²) in [6, 6.07) is 17.8. The molecule has 3 aromatic rings. The van der Waals surface area contributed by atoms with Crippen LogP contribution in [0.4, 0.5) is 0 Å².